The van der Waals surface area contributed by atoms with Gasteiger partial charge < -0.3 is 19.5 Å². The first-order valence-corrected chi connectivity index (χ1v) is 10.2. The Morgan fingerprint density at radius 3 is 2.58 bits per heavy atom. The highest BCUT2D eigenvalue weighted by Gasteiger charge is 2.31. The van der Waals surface area contributed by atoms with Crippen molar-refractivity contribution in [2.24, 2.45) is 7.05 Å². The topological polar surface area (TPSA) is 94.3 Å². The molecule has 0 aliphatic carbocycles. The minimum atomic E-state index is -0.485. The summed E-state index contributed by atoms with van der Waals surface area (Å²) in [5.74, 6) is 0.291. The molecule has 0 radical (unpaired) electrons. The maximum atomic E-state index is 13.2. The summed E-state index contributed by atoms with van der Waals surface area (Å²) >= 11 is 0. The second kappa shape index (κ2) is 7.49. The van der Waals surface area contributed by atoms with E-state index < -0.39 is 5.54 Å². The number of methoxy groups -OCH3 is 1. The van der Waals surface area contributed by atoms with Gasteiger partial charge >= 0.3 is 0 Å². The van der Waals surface area contributed by atoms with Crippen molar-refractivity contribution >= 4 is 28.3 Å². The first kappa shape index (κ1) is 21.0. The number of carbonyl (C=O) groups excluding carboxylic acids is 1. The van der Waals surface area contributed by atoms with Gasteiger partial charge in [0.15, 0.2) is 0 Å². The summed E-state index contributed by atoms with van der Waals surface area (Å²) in [6.07, 6.45) is 3.83. The Bertz CT molecular complexity index is 1210. The molecule has 0 aromatic carbocycles. The van der Waals surface area contributed by atoms with Gasteiger partial charge in [0, 0.05) is 51.3 Å². The minimum absolute atomic E-state index is 0.119. The summed E-state index contributed by atoms with van der Waals surface area (Å²) in [7, 11) is 3.62. The van der Waals surface area contributed by atoms with E-state index in [2.05, 4.69) is 10.3 Å². The van der Waals surface area contributed by atoms with Crippen LogP contribution in [0, 0.1) is 0 Å². The molecule has 31 heavy (non-hydrogen) atoms. The van der Waals surface area contributed by atoms with Crippen molar-refractivity contribution in [1.29, 1.82) is 0 Å². The average Bonchev–Trinajstić information content (AvgIpc) is 2.97. The Balaban J connectivity index is 1.90. The third kappa shape index (κ3) is 3.81. The van der Waals surface area contributed by atoms with Crippen LogP contribution in [0.1, 0.15) is 27.7 Å². The van der Waals surface area contributed by atoms with Crippen LogP contribution in [-0.2, 0) is 22.1 Å². The fourth-order valence-electron chi connectivity index (χ4n) is 3.81. The molecule has 1 amide bonds. The van der Waals surface area contributed by atoms with Crippen LogP contribution in [0.4, 0.5) is 11.5 Å². The maximum Gasteiger partial charge on any atom is 0.290 e. The molecule has 0 unspecified atom stereocenters. The molecule has 4 rings (SSSR count). The smallest absolute Gasteiger partial charge is 0.290 e. The standard InChI is InChI=1S/C22H28N6O3/c1-13(29)24-20-7-15-16(12-26(5)19(15)9-23-20)17-8-18(27-10-14(11-27)31-6)21(30)28(25-17)22(2,3)4/h7-9,12,14H,10-11H2,1-6H3,(H,23,24,29). The number of fused-ring (bicyclic) bond motifs is 1. The number of hydrogen-bond acceptors (Lipinski definition) is 6. The zero-order valence-corrected chi connectivity index (χ0v) is 18.8. The van der Waals surface area contributed by atoms with E-state index in [0.29, 0.717) is 30.3 Å². The van der Waals surface area contributed by atoms with Gasteiger partial charge in [-0.3, -0.25) is 9.59 Å². The molecular weight excluding hydrogens is 396 g/mol. The summed E-state index contributed by atoms with van der Waals surface area (Å²) in [5.41, 5.74) is 2.48. The molecule has 3 aromatic rings. The average molecular weight is 425 g/mol. The summed E-state index contributed by atoms with van der Waals surface area (Å²) in [4.78, 5) is 31.1. The van der Waals surface area contributed by atoms with Crippen LogP contribution in [0.5, 0.6) is 0 Å². The highest BCUT2D eigenvalue weighted by molar-refractivity contribution is 5.98. The molecule has 9 nitrogen and oxygen atoms in total. The van der Waals surface area contributed by atoms with Crippen molar-refractivity contribution in [3.05, 3.63) is 34.9 Å². The number of ether oxygens (including phenoxy) is 1. The van der Waals surface area contributed by atoms with Gasteiger partial charge in [0.05, 0.1) is 29.1 Å². The van der Waals surface area contributed by atoms with Gasteiger partial charge in [0.25, 0.3) is 5.56 Å². The van der Waals surface area contributed by atoms with Crippen LogP contribution in [0.3, 0.4) is 0 Å². The van der Waals surface area contributed by atoms with Crippen LogP contribution >= 0.6 is 0 Å². The Morgan fingerprint density at radius 1 is 1.26 bits per heavy atom. The van der Waals surface area contributed by atoms with Crippen molar-refractivity contribution < 1.29 is 9.53 Å². The van der Waals surface area contributed by atoms with Crippen LogP contribution in [0.25, 0.3) is 22.2 Å². The zero-order valence-electron chi connectivity index (χ0n) is 18.8. The highest BCUT2D eigenvalue weighted by atomic mass is 16.5. The van der Waals surface area contributed by atoms with Crippen LogP contribution < -0.4 is 15.8 Å². The molecule has 0 spiro atoms. The molecule has 4 heterocycles. The van der Waals surface area contributed by atoms with Gasteiger partial charge in [-0.05, 0) is 32.9 Å². The van der Waals surface area contributed by atoms with E-state index >= 15 is 0 Å². The Hall–Kier alpha value is -3.20. The van der Waals surface area contributed by atoms with Gasteiger partial charge in [-0.15, -0.1) is 0 Å². The van der Waals surface area contributed by atoms with E-state index in [1.54, 1.807) is 18.0 Å². The molecule has 0 saturated carbocycles. The summed E-state index contributed by atoms with van der Waals surface area (Å²) in [6.45, 7) is 8.68. The van der Waals surface area contributed by atoms with Gasteiger partial charge in [-0.1, -0.05) is 0 Å². The van der Waals surface area contributed by atoms with Crippen LogP contribution in [-0.4, -0.2) is 51.5 Å². The molecule has 1 aliphatic heterocycles. The first-order valence-electron chi connectivity index (χ1n) is 10.2. The maximum absolute atomic E-state index is 13.2. The second-order valence-corrected chi connectivity index (χ2v) is 8.99. The summed E-state index contributed by atoms with van der Waals surface area (Å²) < 4.78 is 8.90. The van der Waals surface area contributed by atoms with Crippen molar-refractivity contribution in [2.45, 2.75) is 39.3 Å². The predicted molar refractivity (Wildman–Crippen MR) is 121 cm³/mol. The minimum Gasteiger partial charge on any atom is -0.378 e. The van der Waals surface area contributed by atoms with E-state index in [-0.39, 0.29) is 17.6 Å². The molecule has 0 bridgehead atoms. The fourth-order valence-corrected chi connectivity index (χ4v) is 3.81. The number of amides is 1. The van der Waals surface area contributed by atoms with E-state index in [1.807, 2.05) is 55.6 Å². The van der Waals surface area contributed by atoms with Gasteiger partial charge in [-0.2, -0.15) is 5.10 Å². The normalized spacial score (nSPS) is 14.7. The molecule has 1 saturated heterocycles. The van der Waals surface area contributed by atoms with Crippen molar-refractivity contribution in [1.82, 2.24) is 19.3 Å². The van der Waals surface area contributed by atoms with E-state index in [4.69, 9.17) is 9.84 Å². The highest BCUT2D eigenvalue weighted by Crippen LogP contribution is 2.32. The molecule has 0 atom stereocenters. The lowest BCUT2D eigenvalue weighted by Crippen LogP contribution is -2.54. The summed E-state index contributed by atoms with van der Waals surface area (Å²) in [5, 5.41) is 8.37. The Morgan fingerprint density at radius 2 is 1.97 bits per heavy atom. The summed E-state index contributed by atoms with van der Waals surface area (Å²) in [6, 6.07) is 3.69. The zero-order chi connectivity index (χ0) is 22.5. The molecular formula is C22H28N6O3. The number of nitrogens with one attached hydrogen (secondary N) is 1. The molecule has 9 heteroatoms. The number of aromatic nitrogens is 4. The lowest BCUT2D eigenvalue weighted by molar-refractivity contribution is -0.114. The number of anilines is 2. The van der Waals surface area contributed by atoms with Crippen LogP contribution in [0.15, 0.2) is 29.3 Å². The number of carbonyl (C=O) groups is 1. The number of nitrogens with zero attached hydrogens (tertiary/aromatic N) is 5. The number of pyridine rings is 1. The van der Waals surface area contributed by atoms with E-state index in [9.17, 15) is 9.59 Å². The van der Waals surface area contributed by atoms with E-state index in [1.165, 1.54) is 6.92 Å². The quantitative estimate of drug-likeness (QED) is 0.691. The van der Waals surface area contributed by atoms with Crippen molar-refractivity contribution in [3.8, 4) is 11.3 Å². The fraction of sp³-hybridized carbons (Fsp3) is 0.455. The lowest BCUT2D eigenvalue weighted by atomic mass is 10.1. The van der Waals surface area contributed by atoms with Gasteiger partial charge in [-0.25, -0.2) is 9.67 Å². The van der Waals surface area contributed by atoms with E-state index in [0.717, 1.165) is 16.5 Å². The lowest BCUT2D eigenvalue weighted by Gasteiger charge is -2.40. The number of hydrogen-bond donors (Lipinski definition) is 1. The van der Waals surface area contributed by atoms with Crippen molar-refractivity contribution in [2.75, 3.05) is 30.4 Å². The molecule has 3 aromatic heterocycles. The first-order chi connectivity index (χ1) is 14.6. The number of aryl methyl sites for hydroxylation is 1. The Labute approximate surface area is 180 Å². The number of rotatable bonds is 4. The molecule has 1 aliphatic rings. The van der Waals surface area contributed by atoms with Gasteiger partial charge in [0.1, 0.15) is 11.5 Å². The predicted octanol–water partition coefficient (Wildman–Crippen LogP) is 2.35. The largest absolute Gasteiger partial charge is 0.378 e. The third-order valence-corrected chi connectivity index (χ3v) is 5.51. The second-order valence-electron chi connectivity index (χ2n) is 8.99. The SMILES string of the molecule is COC1CN(c2cc(-c3cn(C)c4cnc(NC(C)=O)cc34)nn(C(C)(C)C)c2=O)C1. The van der Waals surface area contributed by atoms with Crippen LogP contribution in [0.2, 0.25) is 0 Å². The Kier molecular flexibility index (Phi) is 5.09. The molecule has 164 valence electrons. The third-order valence-electron chi connectivity index (χ3n) is 5.51. The van der Waals surface area contributed by atoms with Crippen molar-refractivity contribution in [3.63, 3.8) is 0 Å². The molecule has 1 fully saturated rings. The monoisotopic (exact) mass is 424 g/mol. The molecule has 1 N–H and O–H groups in total. The van der Waals surface area contributed by atoms with Gasteiger partial charge in [0.2, 0.25) is 5.91 Å².